The van der Waals surface area contributed by atoms with Crippen molar-refractivity contribution in [2.75, 3.05) is 11.4 Å². The summed E-state index contributed by atoms with van der Waals surface area (Å²) in [5, 5.41) is 0. The van der Waals surface area contributed by atoms with Gasteiger partial charge in [0.25, 0.3) is 0 Å². The molecule has 0 atom stereocenters. The lowest BCUT2D eigenvalue weighted by Crippen LogP contribution is -2.42. The minimum atomic E-state index is -0.687. The highest BCUT2D eigenvalue weighted by Crippen LogP contribution is 2.21. The summed E-state index contributed by atoms with van der Waals surface area (Å²) < 4.78 is 11.5. The van der Waals surface area contributed by atoms with E-state index in [1.165, 1.54) is 4.90 Å². The molecule has 0 N–H and O–H groups in total. The number of anilines is 1. The van der Waals surface area contributed by atoms with E-state index in [0.717, 1.165) is 4.47 Å². The van der Waals surface area contributed by atoms with Crippen LogP contribution >= 0.6 is 15.9 Å². The van der Waals surface area contributed by atoms with Gasteiger partial charge in [0.15, 0.2) is 0 Å². The van der Waals surface area contributed by atoms with Gasteiger partial charge in [-0.2, -0.15) is 0 Å². The summed E-state index contributed by atoms with van der Waals surface area (Å²) in [4.78, 5) is 30.2. The fraction of sp³-hybridized carbons (Fsp3) is 0.588. The molecule has 0 aliphatic rings. The number of ether oxygens (including phenoxy) is 2. The average molecular weight is 401 g/mol. The Morgan fingerprint density at radius 1 is 1.08 bits per heavy atom. The van der Waals surface area contributed by atoms with E-state index in [9.17, 15) is 9.59 Å². The van der Waals surface area contributed by atoms with E-state index >= 15 is 0 Å². The molecule has 1 heterocycles. The van der Waals surface area contributed by atoms with Crippen LogP contribution in [-0.4, -0.2) is 34.8 Å². The Morgan fingerprint density at radius 3 is 2.08 bits per heavy atom. The molecule has 0 saturated carbocycles. The lowest BCUT2D eigenvalue weighted by molar-refractivity contribution is -0.153. The van der Waals surface area contributed by atoms with E-state index in [0.29, 0.717) is 11.5 Å². The highest BCUT2D eigenvalue weighted by atomic mass is 79.9. The number of halogens is 1. The summed E-state index contributed by atoms with van der Waals surface area (Å²) >= 11 is 3.37. The number of carbonyl (C=O) groups is 2. The average Bonchev–Trinajstić information content (AvgIpc) is 2.35. The van der Waals surface area contributed by atoms with Gasteiger partial charge in [-0.25, -0.2) is 9.78 Å². The SMILES string of the molecule is Cc1nc(N(CC(=O)OC(C)(C)C)C(=O)OC(C)(C)C)ccc1Br. The van der Waals surface area contributed by atoms with E-state index < -0.39 is 23.3 Å². The maximum Gasteiger partial charge on any atom is 0.416 e. The Kier molecular flexibility index (Phi) is 6.38. The van der Waals surface area contributed by atoms with Gasteiger partial charge >= 0.3 is 12.1 Å². The lowest BCUT2D eigenvalue weighted by atomic mass is 10.2. The van der Waals surface area contributed by atoms with Gasteiger partial charge in [0, 0.05) is 4.47 Å². The maximum absolute atomic E-state index is 12.5. The highest BCUT2D eigenvalue weighted by molar-refractivity contribution is 9.10. The van der Waals surface area contributed by atoms with Crippen molar-refractivity contribution in [2.45, 2.75) is 59.7 Å². The molecule has 0 bridgehead atoms. The topological polar surface area (TPSA) is 68.7 Å². The third kappa shape index (κ3) is 6.86. The smallest absolute Gasteiger partial charge is 0.416 e. The van der Waals surface area contributed by atoms with Crippen molar-refractivity contribution < 1.29 is 19.1 Å². The third-order valence-corrected chi connectivity index (χ3v) is 3.44. The minimum Gasteiger partial charge on any atom is -0.459 e. The van der Waals surface area contributed by atoms with E-state index in [4.69, 9.17) is 9.47 Å². The zero-order valence-electron chi connectivity index (χ0n) is 15.3. The fourth-order valence-corrected chi connectivity index (χ4v) is 1.96. The number of rotatable bonds is 3. The van der Waals surface area contributed by atoms with Gasteiger partial charge in [-0.3, -0.25) is 9.69 Å². The van der Waals surface area contributed by atoms with E-state index in [-0.39, 0.29) is 6.54 Å². The number of hydrogen-bond donors (Lipinski definition) is 0. The van der Waals surface area contributed by atoms with Crippen molar-refractivity contribution in [2.24, 2.45) is 0 Å². The molecule has 1 amide bonds. The number of carbonyl (C=O) groups excluding carboxylic acids is 2. The second-order valence-corrected chi connectivity index (χ2v) is 8.24. The van der Waals surface area contributed by atoms with Crippen LogP contribution in [0.3, 0.4) is 0 Å². The molecule has 0 fully saturated rings. The van der Waals surface area contributed by atoms with Crippen LogP contribution in [-0.2, 0) is 14.3 Å². The summed E-state index contributed by atoms with van der Waals surface area (Å²) in [7, 11) is 0. The van der Waals surface area contributed by atoms with Crippen molar-refractivity contribution >= 4 is 33.8 Å². The molecule has 1 aromatic heterocycles. The molecule has 1 rings (SSSR count). The first-order chi connectivity index (χ1) is 10.8. The molecule has 0 aromatic carbocycles. The zero-order chi connectivity index (χ0) is 18.7. The number of pyridine rings is 1. The molecule has 6 nitrogen and oxygen atoms in total. The number of esters is 1. The predicted molar refractivity (Wildman–Crippen MR) is 96.1 cm³/mol. The fourth-order valence-electron chi connectivity index (χ4n) is 1.74. The van der Waals surface area contributed by atoms with Crippen LogP contribution in [0.5, 0.6) is 0 Å². The van der Waals surface area contributed by atoms with Gasteiger partial charge in [0.05, 0.1) is 5.69 Å². The molecule has 0 radical (unpaired) electrons. The molecule has 7 heteroatoms. The van der Waals surface area contributed by atoms with Crippen LogP contribution in [0.1, 0.15) is 47.2 Å². The van der Waals surface area contributed by atoms with Gasteiger partial charge in [-0.1, -0.05) is 0 Å². The number of aromatic nitrogens is 1. The zero-order valence-corrected chi connectivity index (χ0v) is 16.9. The molecule has 0 spiro atoms. The third-order valence-electron chi connectivity index (χ3n) is 2.60. The van der Waals surface area contributed by atoms with E-state index in [2.05, 4.69) is 20.9 Å². The van der Waals surface area contributed by atoms with Gasteiger partial charge in [0.2, 0.25) is 0 Å². The molecule has 0 unspecified atom stereocenters. The first-order valence-electron chi connectivity index (χ1n) is 7.64. The highest BCUT2D eigenvalue weighted by Gasteiger charge is 2.28. The Morgan fingerprint density at radius 2 is 1.62 bits per heavy atom. The van der Waals surface area contributed by atoms with Gasteiger partial charge < -0.3 is 9.47 Å². The molecule has 0 aliphatic heterocycles. The number of hydrogen-bond acceptors (Lipinski definition) is 5. The monoisotopic (exact) mass is 400 g/mol. The van der Waals surface area contributed by atoms with Crippen LogP contribution in [0.2, 0.25) is 0 Å². The maximum atomic E-state index is 12.5. The second-order valence-electron chi connectivity index (χ2n) is 7.39. The largest absolute Gasteiger partial charge is 0.459 e. The van der Waals surface area contributed by atoms with Crippen molar-refractivity contribution in [3.8, 4) is 0 Å². The summed E-state index contributed by atoms with van der Waals surface area (Å²) in [5.74, 6) is -0.202. The van der Waals surface area contributed by atoms with Crippen molar-refractivity contribution in [3.05, 3.63) is 22.3 Å². The molecular formula is C17H25BrN2O4. The molecular weight excluding hydrogens is 376 g/mol. The number of nitrogens with zero attached hydrogens (tertiary/aromatic N) is 2. The van der Waals surface area contributed by atoms with Gasteiger partial charge in [0.1, 0.15) is 23.6 Å². The Labute approximate surface area is 151 Å². The van der Waals surface area contributed by atoms with Crippen LogP contribution in [0.4, 0.5) is 10.6 Å². The van der Waals surface area contributed by atoms with Crippen LogP contribution in [0, 0.1) is 6.92 Å². The van der Waals surface area contributed by atoms with Crippen LogP contribution < -0.4 is 4.90 Å². The van der Waals surface area contributed by atoms with Gasteiger partial charge in [-0.05, 0) is 76.5 Å². The van der Waals surface area contributed by atoms with Crippen LogP contribution in [0.25, 0.3) is 0 Å². The Hall–Kier alpha value is -1.63. The van der Waals surface area contributed by atoms with Crippen molar-refractivity contribution in [1.82, 2.24) is 4.98 Å². The van der Waals surface area contributed by atoms with E-state index in [1.54, 1.807) is 60.6 Å². The lowest BCUT2D eigenvalue weighted by Gasteiger charge is -2.27. The molecule has 1 aromatic rings. The summed E-state index contributed by atoms with van der Waals surface area (Å²) in [6.07, 6.45) is -0.650. The summed E-state index contributed by atoms with van der Waals surface area (Å²) in [5.41, 5.74) is -0.627. The second kappa shape index (κ2) is 7.51. The van der Waals surface area contributed by atoms with Crippen LogP contribution in [0.15, 0.2) is 16.6 Å². The Bertz CT molecular complexity index is 618. The van der Waals surface area contributed by atoms with E-state index in [1.807, 2.05) is 0 Å². The molecule has 0 aliphatic carbocycles. The predicted octanol–water partition coefficient (Wildman–Crippen LogP) is 4.24. The van der Waals surface area contributed by atoms with Crippen molar-refractivity contribution in [3.63, 3.8) is 0 Å². The normalized spacial score (nSPS) is 11.8. The first-order valence-corrected chi connectivity index (χ1v) is 8.43. The molecule has 0 saturated heterocycles. The standard InChI is InChI=1S/C17H25BrN2O4/c1-11-12(18)8-9-13(19-11)20(15(22)24-17(5,6)7)10-14(21)23-16(2,3)4/h8-9H,10H2,1-7H3. The minimum absolute atomic E-state index is 0.278. The van der Waals surface area contributed by atoms with Crippen molar-refractivity contribution in [1.29, 1.82) is 0 Å². The number of amides is 1. The summed E-state index contributed by atoms with van der Waals surface area (Å²) in [6.45, 7) is 12.1. The number of aryl methyl sites for hydroxylation is 1. The van der Waals surface area contributed by atoms with Gasteiger partial charge in [-0.15, -0.1) is 0 Å². The first kappa shape index (κ1) is 20.4. The molecule has 24 heavy (non-hydrogen) atoms. The summed E-state index contributed by atoms with van der Waals surface area (Å²) in [6, 6.07) is 3.41. The Balaban J connectivity index is 3.09. The molecule has 134 valence electrons. The quantitative estimate of drug-likeness (QED) is 0.709.